The van der Waals surface area contributed by atoms with Crippen LogP contribution in [0.5, 0.6) is 0 Å². The molecule has 8 nitrogen and oxygen atoms in total. The van der Waals surface area contributed by atoms with Crippen molar-refractivity contribution in [1.29, 1.82) is 0 Å². The lowest BCUT2D eigenvalue weighted by Gasteiger charge is -2.18. The van der Waals surface area contributed by atoms with Gasteiger partial charge in [0.2, 0.25) is 5.91 Å². The Morgan fingerprint density at radius 2 is 1.79 bits per heavy atom. The molecule has 1 heterocycles. The first-order valence-corrected chi connectivity index (χ1v) is 9.18. The quantitative estimate of drug-likeness (QED) is 0.728. The van der Waals surface area contributed by atoms with Crippen LogP contribution in [-0.4, -0.2) is 43.9 Å². The van der Waals surface area contributed by atoms with Gasteiger partial charge in [-0.2, -0.15) is 0 Å². The number of ether oxygens (including phenoxy) is 1. The van der Waals surface area contributed by atoms with Gasteiger partial charge in [0, 0.05) is 31.3 Å². The van der Waals surface area contributed by atoms with E-state index in [1.165, 1.54) is 7.05 Å². The van der Waals surface area contributed by atoms with E-state index in [-0.39, 0.29) is 17.4 Å². The molecule has 0 aliphatic carbocycles. The largest absolute Gasteiger partial charge is 0.452 e. The van der Waals surface area contributed by atoms with Gasteiger partial charge < -0.3 is 20.3 Å². The van der Waals surface area contributed by atoms with E-state index in [1.807, 2.05) is 0 Å². The summed E-state index contributed by atoms with van der Waals surface area (Å²) in [6.45, 7) is 0.0774. The highest BCUT2D eigenvalue weighted by Gasteiger charge is 2.26. The number of benzene rings is 2. The molecule has 2 N–H and O–H groups in total. The molecule has 8 heteroatoms. The second-order valence-corrected chi connectivity index (χ2v) is 6.45. The van der Waals surface area contributed by atoms with Crippen LogP contribution in [-0.2, 0) is 14.3 Å². The highest BCUT2D eigenvalue weighted by Crippen LogP contribution is 2.26. The van der Waals surface area contributed by atoms with E-state index in [4.69, 9.17) is 4.74 Å². The van der Waals surface area contributed by atoms with Crippen LogP contribution in [0, 0.1) is 0 Å². The average molecular weight is 395 g/mol. The minimum Gasteiger partial charge on any atom is -0.452 e. The molecule has 3 amide bonds. The standard InChI is InChI=1S/C21H21N3O5/c1-22-20(27)14-8-10-15(11-9-14)23-18(25)13-29-21(28)16-5-2-3-6-17(16)24-12-4-7-19(24)26/h2-3,5-6,8-11H,4,7,12-13H2,1H3,(H,22,27)(H,23,25). The van der Waals surface area contributed by atoms with E-state index < -0.39 is 18.5 Å². The molecule has 0 aromatic heterocycles. The van der Waals surface area contributed by atoms with Crippen molar-refractivity contribution < 1.29 is 23.9 Å². The third-order valence-electron chi connectivity index (χ3n) is 4.48. The maximum atomic E-state index is 12.5. The second kappa shape index (κ2) is 9.01. The molecule has 0 atom stereocenters. The minimum absolute atomic E-state index is 0.0387. The Balaban J connectivity index is 1.59. The molecule has 0 radical (unpaired) electrons. The van der Waals surface area contributed by atoms with Gasteiger partial charge in [0.05, 0.1) is 11.3 Å². The van der Waals surface area contributed by atoms with Crippen LogP contribution in [0.3, 0.4) is 0 Å². The lowest BCUT2D eigenvalue weighted by Crippen LogP contribution is -2.27. The van der Waals surface area contributed by atoms with Crippen molar-refractivity contribution in [2.45, 2.75) is 12.8 Å². The predicted molar refractivity (Wildman–Crippen MR) is 107 cm³/mol. The fourth-order valence-electron chi connectivity index (χ4n) is 3.04. The Morgan fingerprint density at radius 1 is 1.07 bits per heavy atom. The topological polar surface area (TPSA) is 105 Å². The molecule has 0 saturated carbocycles. The fraction of sp³-hybridized carbons (Fsp3) is 0.238. The molecular formula is C21H21N3O5. The van der Waals surface area contributed by atoms with Gasteiger partial charge in [-0.25, -0.2) is 4.79 Å². The molecule has 1 fully saturated rings. The van der Waals surface area contributed by atoms with Crippen LogP contribution in [0.15, 0.2) is 48.5 Å². The number of nitrogens with one attached hydrogen (secondary N) is 2. The molecule has 0 spiro atoms. The first-order chi connectivity index (χ1) is 14.0. The SMILES string of the molecule is CNC(=O)c1ccc(NC(=O)COC(=O)c2ccccc2N2CCCC2=O)cc1. The van der Waals surface area contributed by atoms with Crippen LogP contribution in [0.1, 0.15) is 33.6 Å². The van der Waals surface area contributed by atoms with Gasteiger partial charge in [-0.05, 0) is 42.8 Å². The first kappa shape index (κ1) is 20.1. The predicted octanol–water partition coefficient (Wildman–Crippen LogP) is 1.97. The van der Waals surface area contributed by atoms with Crippen molar-refractivity contribution in [3.8, 4) is 0 Å². The highest BCUT2D eigenvalue weighted by atomic mass is 16.5. The number of rotatable bonds is 6. The molecule has 1 aliphatic heterocycles. The second-order valence-electron chi connectivity index (χ2n) is 6.45. The zero-order valence-corrected chi connectivity index (χ0v) is 15.9. The molecule has 1 saturated heterocycles. The van der Waals surface area contributed by atoms with Gasteiger partial charge in [0.1, 0.15) is 0 Å². The van der Waals surface area contributed by atoms with Crippen molar-refractivity contribution in [2.75, 3.05) is 30.4 Å². The van der Waals surface area contributed by atoms with E-state index in [1.54, 1.807) is 53.4 Å². The number of hydrogen-bond donors (Lipinski definition) is 2. The number of carbonyl (C=O) groups excluding carboxylic acids is 4. The van der Waals surface area contributed by atoms with Gasteiger partial charge >= 0.3 is 5.97 Å². The number of nitrogens with zero attached hydrogens (tertiary/aromatic N) is 1. The third-order valence-corrected chi connectivity index (χ3v) is 4.48. The van der Waals surface area contributed by atoms with Crippen molar-refractivity contribution >= 4 is 35.1 Å². The normalized spacial score (nSPS) is 13.1. The lowest BCUT2D eigenvalue weighted by atomic mass is 10.1. The van der Waals surface area contributed by atoms with Crippen molar-refractivity contribution in [3.05, 3.63) is 59.7 Å². The zero-order valence-electron chi connectivity index (χ0n) is 15.9. The van der Waals surface area contributed by atoms with Crippen LogP contribution in [0.2, 0.25) is 0 Å². The maximum Gasteiger partial charge on any atom is 0.340 e. The minimum atomic E-state index is -0.676. The van der Waals surface area contributed by atoms with Gasteiger partial charge in [-0.3, -0.25) is 14.4 Å². The van der Waals surface area contributed by atoms with E-state index in [2.05, 4.69) is 10.6 Å². The van der Waals surface area contributed by atoms with Gasteiger partial charge in [-0.1, -0.05) is 12.1 Å². The van der Waals surface area contributed by atoms with Crippen molar-refractivity contribution in [3.63, 3.8) is 0 Å². The summed E-state index contributed by atoms with van der Waals surface area (Å²) in [4.78, 5) is 49.6. The molecule has 2 aromatic carbocycles. The van der Waals surface area contributed by atoms with Gasteiger partial charge in [0.15, 0.2) is 6.61 Å². The fourth-order valence-corrected chi connectivity index (χ4v) is 3.04. The summed E-state index contributed by atoms with van der Waals surface area (Å²) in [6.07, 6.45) is 1.19. The lowest BCUT2D eigenvalue weighted by molar-refractivity contribution is -0.119. The summed E-state index contributed by atoms with van der Waals surface area (Å²) in [5.74, 6) is -1.46. The third kappa shape index (κ3) is 4.78. The van der Waals surface area contributed by atoms with Crippen LogP contribution >= 0.6 is 0 Å². The Kier molecular flexibility index (Phi) is 6.23. The number of esters is 1. The summed E-state index contributed by atoms with van der Waals surface area (Å²) < 4.78 is 5.12. The smallest absolute Gasteiger partial charge is 0.340 e. The number of amides is 3. The Hall–Kier alpha value is -3.68. The molecule has 1 aliphatic rings. The van der Waals surface area contributed by atoms with E-state index in [9.17, 15) is 19.2 Å². The maximum absolute atomic E-state index is 12.5. The summed E-state index contributed by atoms with van der Waals surface area (Å²) >= 11 is 0. The Labute approximate surface area is 167 Å². The van der Waals surface area contributed by atoms with Crippen LogP contribution in [0.4, 0.5) is 11.4 Å². The monoisotopic (exact) mass is 395 g/mol. The Morgan fingerprint density at radius 3 is 2.45 bits per heavy atom. The molecule has 0 unspecified atom stereocenters. The summed E-state index contributed by atoms with van der Waals surface area (Å²) in [5.41, 5.74) is 1.67. The van der Waals surface area contributed by atoms with Crippen molar-refractivity contribution in [2.24, 2.45) is 0 Å². The van der Waals surface area contributed by atoms with E-state index >= 15 is 0 Å². The molecule has 2 aromatic rings. The zero-order chi connectivity index (χ0) is 20.8. The molecular weight excluding hydrogens is 374 g/mol. The van der Waals surface area contributed by atoms with Gasteiger partial charge in [-0.15, -0.1) is 0 Å². The number of para-hydroxylation sites is 1. The average Bonchev–Trinajstić information content (AvgIpc) is 3.17. The van der Waals surface area contributed by atoms with Gasteiger partial charge in [0.25, 0.3) is 11.8 Å². The first-order valence-electron chi connectivity index (χ1n) is 9.18. The van der Waals surface area contributed by atoms with E-state index in [0.717, 1.165) is 6.42 Å². The summed E-state index contributed by atoms with van der Waals surface area (Å²) in [7, 11) is 1.53. The number of anilines is 2. The number of carbonyl (C=O) groups is 4. The Bertz CT molecular complexity index is 940. The van der Waals surface area contributed by atoms with Crippen LogP contribution < -0.4 is 15.5 Å². The molecule has 150 valence electrons. The summed E-state index contributed by atoms with van der Waals surface area (Å²) in [6, 6.07) is 13.0. The summed E-state index contributed by atoms with van der Waals surface area (Å²) in [5, 5.41) is 5.11. The molecule has 0 bridgehead atoms. The van der Waals surface area contributed by atoms with E-state index in [0.29, 0.717) is 29.9 Å². The molecule has 3 rings (SSSR count). The number of hydrogen-bond acceptors (Lipinski definition) is 5. The van der Waals surface area contributed by atoms with Crippen LogP contribution in [0.25, 0.3) is 0 Å². The van der Waals surface area contributed by atoms with Crippen molar-refractivity contribution in [1.82, 2.24) is 5.32 Å². The molecule has 29 heavy (non-hydrogen) atoms. The highest BCUT2D eigenvalue weighted by molar-refractivity contribution is 6.04.